The molecule has 4 rings (SSSR count). The van der Waals surface area contributed by atoms with E-state index < -0.39 is 15.8 Å². The van der Waals surface area contributed by atoms with Gasteiger partial charge in [0.05, 0.1) is 27.9 Å². The monoisotopic (exact) mass is 563 g/mol. The van der Waals surface area contributed by atoms with E-state index in [-0.39, 0.29) is 42.6 Å². The molecule has 0 spiro atoms. The highest BCUT2D eigenvalue weighted by atomic mass is 35.5. The molecule has 2 aromatic carbocycles. The molecule has 190 valence electrons. The first-order chi connectivity index (χ1) is 16.5. The van der Waals surface area contributed by atoms with Crippen molar-refractivity contribution >= 4 is 50.9 Å². The average molecular weight is 565 g/mol. The lowest BCUT2D eigenvalue weighted by Crippen LogP contribution is -2.53. The molecule has 2 aromatic rings. The van der Waals surface area contributed by atoms with Gasteiger partial charge in [-0.15, -0.1) is 0 Å². The Hall–Kier alpha value is -1.78. The lowest BCUT2D eigenvalue weighted by Gasteiger charge is -2.35. The Morgan fingerprint density at radius 2 is 1.66 bits per heavy atom. The third-order valence-corrected chi connectivity index (χ3v) is 8.77. The maximum Gasteiger partial charge on any atom is 0.320 e. The van der Waals surface area contributed by atoms with E-state index in [9.17, 15) is 17.6 Å². The van der Waals surface area contributed by atoms with Crippen LogP contribution in [0.5, 0.6) is 5.75 Å². The number of hydrogen-bond donors (Lipinski definition) is 0. The molecule has 2 fully saturated rings. The topological polar surface area (TPSA) is 70.2 Å². The minimum atomic E-state index is -3.29. The van der Waals surface area contributed by atoms with Crippen LogP contribution in [0, 0.1) is 11.7 Å². The van der Waals surface area contributed by atoms with Crippen LogP contribution in [-0.2, 0) is 10.0 Å². The molecule has 2 amide bonds. The molecule has 2 saturated heterocycles. The number of urea groups is 1. The zero-order chi connectivity index (χ0) is 25.3. The minimum absolute atomic E-state index is 0.0136. The predicted molar refractivity (Wildman–Crippen MR) is 135 cm³/mol. The smallest absolute Gasteiger partial charge is 0.320 e. The van der Waals surface area contributed by atoms with E-state index in [0.29, 0.717) is 42.0 Å². The summed E-state index contributed by atoms with van der Waals surface area (Å²) in [5.41, 5.74) is 0.924. The third kappa shape index (κ3) is 6.14. The quantitative estimate of drug-likeness (QED) is 0.533. The Bertz CT molecular complexity index is 1210. The second kappa shape index (κ2) is 10.7. The van der Waals surface area contributed by atoms with E-state index >= 15 is 0 Å². The SMILES string of the molecule is CS(=O)(=O)N1CCN(C(=O)N2C[C@@H](COc3ccc(Cl)c(F)c3)[C@H](c3ccc(Cl)c(Cl)c3)C2)CC1. The van der Waals surface area contributed by atoms with Gasteiger partial charge in [-0.2, -0.15) is 4.31 Å². The Morgan fingerprint density at radius 1 is 0.971 bits per heavy atom. The predicted octanol–water partition coefficient (Wildman–Crippen LogP) is 4.58. The number of carbonyl (C=O) groups excluding carboxylic acids is 1. The number of likely N-dealkylation sites (tertiary alicyclic amines) is 1. The van der Waals surface area contributed by atoms with E-state index in [1.165, 1.54) is 22.7 Å². The summed E-state index contributed by atoms with van der Waals surface area (Å²) in [5, 5.41) is 0.874. The van der Waals surface area contributed by atoms with Crippen LogP contribution in [0.25, 0.3) is 0 Å². The Morgan fingerprint density at radius 3 is 2.29 bits per heavy atom. The minimum Gasteiger partial charge on any atom is -0.493 e. The highest BCUT2D eigenvalue weighted by Crippen LogP contribution is 2.36. The summed E-state index contributed by atoms with van der Waals surface area (Å²) >= 11 is 18.1. The summed E-state index contributed by atoms with van der Waals surface area (Å²) in [4.78, 5) is 16.7. The van der Waals surface area contributed by atoms with Crippen molar-refractivity contribution in [3.05, 3.63) is 62.8 Å². The van der Waals surface area contributed by atoms with Crippen LogP contribution >= 0.6 is 34.8 Å². The van der Waals surface area contributed by atoms with E-state index in [1.54, 1.807) is 28.0 Å². The normalized spacial score (nSPS) is 21.4. The second-order valence-electron chi connectivity index (χ2n) is 8.76. The van der Waals surface area contributed by atoms with E-state index in [4.69, 9.17) is 39.5 Å². The van der Waals surface area contributed by atoms with E-state index in [0.717, 1.165) is 5.56 Å². The van der Waals surface area contributed by atoms with Gasteiger partial charge in [0.15, 0.2) is 0 Å². The lowest BCUT2D eigenvalue weighted by atomic mass is 9.89. The number of benzene rings is 2. The molecule has 2 aliphatic rings. The third-order valence-electron chi connectivity index (χ3n) is 6.42. The molecule has 0 unspecified atom stereocenters. The summed E-state index contributed by atoms with van der Waals surface area (Å²) in [7, 11) is -3.29. The number of sulfonamides is 1. The maximum absolute atomic E-state index is 13.8. The molecule has 0 N–H and O–H groups in total. The molecular formula is C23H25Cl3FN3O4S. The maximum atomic E-state index is 13.8. The first-order valence-corrected chi connectivity index (χ1v) is 14.0. The molecule has 12 heteroatoms. The number of hydrogen-bond acceptors (Lipinski definition) is 4. The number of nitrogens with zero attached hydrogens (tertiary/aromatic N) is 3. The molecule has 0 aliphatic carbocycles. The summed E-state index contributed by atoms with van der Waals surface area (Å²) in [6.45, 7) is 2.29. The zero-order valence-corrected chi connectivity index (χ0v) is 22.0. The van der Waals surface area contributed by atoms with E-state index in [2.05, 4.69) is 0 Å². The van der Waals surface area contributed by atoms with Gasteiger partial charge in [-0.3, -0.25) is 0 Å². The van der Waals surface area contributed by atoms with Gasteiger partial charge >= 0.3 is 6.03 Å². The lowest BCUT2D eigenvalue weighted by molar-refractivity contribution is 0.139. The number of amides is 2. The number of piperazine rings is 1. The van der Waals surface area contributed by atoms with Crippen LogP contribution in [0.3, 0.4) is 0 Å². The Kier molecular flexibility index (Phi) is 8.02. The summed E-state index contributed by atoms with van der Waals surface area (Å²) in [6, 6.07) is 9.51. The molecule has 0 aromatic heterocycles. The van der Waals surface area contributed by atoms with Crippen molar-refractivity contribution in [1.29, 1.82) is 0 Å². The van der Waals surface area contributed by atoms with E-state index in [1.807, 2.05) is 6.07 Å². The van der Waals surface area contributed by atoms with Crippen LogP contribution in [0.1, 0.15) is 11.5 Å². The van der Waals surface area contributed by atoms with Gasteiger partial charge in [0.2, 0.25) is 10.0 Å². The molecule has 7 nitrogen and oxygen atoms in total. The summed E-state index contributed by atoms with van der Waals surface area (Å²) < 4.78 is 44.7. The fourth-order valence-electron chi connectivity index (χ4n) is 4.50. The van der Waals surface area contributed by atoms with Gasteiger partial charge in [0, 0.05) is 57.2 Å². The first kappa shape index (κ1) is 26.3. The van der Waals surface area contributed by atoms with Crippen molar-refractivity contribution in [3.8, 4) is 5.75 Å². The molecule has 0 radical (unpaired) electrons. The van der Waals surface area contributed by atoms with Gasteiger partial charge < -0.3 is 14.5 Å². The standard InChI is InChI=1S/C23H25Cl3FN3O4S/c1-35(32,33)30-8-6-28(7-9-30)23(31)29-12-16(14-34-17-3-5-20(25)22(27)11-17)18(13-29)15-2-4-19(24)21(26)10-15/h2-5,10-11,16,18H,6-9,12-14H2,1H3/t16-,18-/m0/s1. The molecule has 2 heterocycles. The van der Waals surface area contributed by atoms with Gasteiger partial charge in [-0.05, 0) is 29.8 Å². The van der Waals surface area contributed by atoms with Crippen molar-refractivity contribution in [3.63, 3.8) is 0 Å². The van der Waals surface area contributed by atoms with Gasteiger partial charge in [0.1, 0.15) is 11.6 Å². The van der Waals surface area contributed by atoms with Crippen molar-refractivity contribution < 1.29 is 22.3 Å². The van der Waals surface area contributed by atoms with Crippen molar-refractivity contribution in [1.82, 2.24) is 14.1 Å². The summed E-state index contributed by atoms with van der Waals surface area (Å²) in [5.74, 6) is -0.390. The number of halogens is 4. The molecule has 2 atom stereocenters. The molecule has 0 saturated carbocycles. The van der Waals surface area contributed by atoms with Gasteiger partial charge in [0.25, 0.3) is 0 Å². The van der Waals surface area contributed by atoms with Crippen molar-refractivity contribution in [2.75, 3.05) is 52.1 Å². The van der Waals surface area contributed by atoms with Crippen molar-refractivity contribution in [2.24, 2.45) is 5.92 Å². The Balaban J connectivity index is 1.49. The van der Waals surface area contributed by atoms with Crippen LogP contribution in [0.15, 0.2) is 36.4 Å². The first-order valence-electron chi connectivity index (χ1n) is 11.0. The van der Waals surface area contributed by atoms with Crippen LogP contribution in [-0.4, -0.2) is 80.7 Å². The highest BCUT2D eigenvalue weighted by Gasteiger charge is 2.39. The number of ether oxygens (including phenoxy) is 1. The Labute approximate surface area is 219 Å². The molecular weight excluding hydrogens is 540 g/mol. The molecule has 35 heavy (non-hydrogen) atoms. The van der Waals surface area contributed by atoms with Crippen LogP contribution in [0.4, 0.5) is 9.18 Å². The second-order valence-corrected chi connectivity index (χ2v) is 12.0. The van der Waals surface area contributed by atoms with Crippen LogP contribution < -0.4 is 4.74 Å². The number of carbonyl (C=O) groups is 1. The van der Waals surface area contributed by atoms with Crippen molar-refractivity contribution in [2.45, 2.75) is 5.92 Å². The fraction of sp³-hybridized carbons (Fsp3) is 0.435. The average Bonchev–Trinajstić information content (AvgIpc) is 3.25. The largest absolute Gasteiger partial charge is 0.493 e. The van der Waals surface area contributed by atoms with Gasteiger partial charge in [-0.1, -0.05) is 40.9 Å². The van der Waals surface area contributed by atoms with Crippen LogP contribution in [0.2, 0.25) is 15.1 Å². The summed E-state index contributed by atoms with van der Waals surface area (Å²) in [6.07, 6.45) is 1.17. The number of rotatable bonds is 5. The highest BCUT2D eigenvalue weighted by molar-refractivity contribution is 7.88. The van der Waals surface area contributed by atoms with Gasteiger partial charge in [-0.25, -0.2) is 17.6 Å². The molecule has 2 aliphatic heterocycles. The molecule has 0 bridgehead atoms. The zero-order valence-electron chi connectivity index (χ0n) is 19.0. The fourth-order valence-corrected chi connectivity index (χ4v) is 5.75.